The molecule has 1 atom stereocenters. The van der Waals surface area contributed by atoms with Crippen LogP contribution in [-0.4, -0.2) is 47.0 Å². The van der Waals surface area contributed by atoms with E-state index in [4.69, 9.17) is 5.11 Å². The van der Waals surface area contributed by atoms with Gasteiger partial charge in [0.15, 0.2) is 0 Å². The molecule has 0 saturated carbocycles. The minimum absolute atomic E-state index is 0.0496. The van der Waals surface area contributed by atoms with Crippen LogP contribution in [0.2, 0.25) is 0 Å². The average Bonchev–Trinajstić information content (AvgIpc) is 2.22. The Balaban J connectivity index is 3.79. The van der Waals surface area contributed by atoms with Gasteiger partial charge < -0.3 is 15.7 Å². The third kappa shape index (κ3) is 8.56. The fourth-order valence-electron chi connectivity index (χ4n) is 1.07. The number of rotatable bonds is 8. The molecular formula is C10H18N2O4S. The summed E-state index contributed by atoms with van der Waals surface area (Å²) in [5, 5.41) is 13.8. The van der Waals surface area contributed by atoms with Crippen molar-refractivity contribution in [2.24, 2.45) is 0 Å². The molecule has 0 fully saturated rings. The van der Waals surface area contributed by atoms with Crippen molar-refractivity contribution in [1.82, 2.24) is 10.6 Å². The Morgan fingerprint density at radius 1 is 1.35 bits per heavy atom. The molecule has 0 aromatic rings. The van der Waals surface area contributed by atoms with Gasteiger partial charge in [0.2, 0.25) is 11.8 Å². The fourth-order valence-corrected chi connectivity index (χ4v) is 2.03. The van der Waals surface area contributed by atoms with Crippen molar-refractivity contribution < 1.29 is 19.5 Å². The van der Waals surface area contributed by atoms with E-state index in [0.29, 0.717) is 18.7 Å². The van der Waals surface area contributed by atoms with Crippen LogP contribution in [0.4, 0.5) is 0 Å². The molecule has 7 heteroatoms. The summed E-state index contributed by atoms with van der Waals surface area (Å²) in [7, 11) is 0. The lowest BCUT2D eigenvalue weighted by Gasteiger charge is -2.12. The van der Waals surface area contributed by atoms with Crippen LogP contribution in [0, 0.1) is 0 Å². The average molecular weight is 262 g/mol. The fraction of sp³-hybridized carbons (Fsp3) is 0.700. The highest BCUT2D eigenvalue weighted by atomic mass is 32.2. The number of carboxylic acids is 1. The van der Waals surface area contributed by atoms with E-state index in [-0.39, 0.29) is 17.6 Å². The van der Waals surface area contributed by atoms with Crippen molar-refractivity contribution in [3.63, 3.8) is 0 Å². The van der Waals surface area contributed by atoms with Crippen molar-refractivity contribution in [2.45, 2.75) is 26.3 Å². The second-order valence-electron chi connectivity index (χ2n) is 3.37. The molecule has 2 amide bonds. The lowest BCUT2D eigenvalue weighted by atomic mass is 10.3. The highest BCUT2D eigenvalue weighted by Crippen LogP contribution is 2.05. The quantitative estimate of drug-likeness (QED) is 0.528. The summed E-state index contributed by atoms with van der Waals surface area (Å²) < 4.78 is 0. The molecule has 6 nitrogen and oxygen atoms in total. The van der Waals surface area contributed by atoms with Gasteiger partial charge in [0, 0.05) is 31.4 Å². The van der Waals surface area contributed by atoms with Gasteiger partial charge in [-0.3, -0.25) is 9.59 Å². The number of carboxylic acid groups (broad SMARTS) is 1. The molecule has 0 rings (SSSR count). The van der Waals surface area contributed by atoms with E-state index < -0.39 is 12.0 Å². The summed E-state index contributed by atoms with van der Waals surface area (Å²) in [5.74, 6) is -0.692. The van der Waals surface area contributed by atoms with E-state index >= 15 is 0 Å². The zero-order chi connectivity index (χ0) is 13.3. The minimum Gasteiger partial charge on any atom is -0.480 e. The molecule has 0 aromatic heterocycles. The maximum atomic E-state index is 11.1. The van der Waals surface area contributed by atoms with Gasteiger partial charge in [-0.15, -0.1) is 0 Å². The van der Waals surface area contributed by atoms with Gasteiger partial charge in [0.05, 0.1) is 0 Å². The maximum absolute atomic E-state index is 11.1. The van der Waals surface area contributed by atoms with Crippen molar-refractivity contribution in [2.75, 3.05) is 18.1 Å². The van der Waals surface area contributed by atoms with E-state index in [0.717, 1.165) is 0 Å². The number of hydrogen-bond acceptors (Lipinski definition) is 4. The first kappa shape index (κ1) is 15.8. The molecule has 0 spiro atoms. The van der Waals surface area contributed by atoms with Crippen molar-refractivity contribution in [3.8, 4) is 0 Å². The first-order chi connectivity index (χ1) is 7.97. The Bertz CT molecular complexity index is 283. The molecule has 0 bridgehead atoms. The Labute approximate surface area is 105 Å². The lowest BCUT2D eigenvalue weighted by molar-refractivity contribution is -0.140. The van der Waals surface area contributed by atoms with E-state index in [1.165, 1.54) is 18.7 Å². The van der Waals surface area contributed by atoms with Crippen LogP contribution in [0.5, 0.6) is 0 Å². The predicted molar refractivity (Wildman–Crippen MR) is 65.9 cm³/mol. The number of hydrogen-bond donors (Lipinski definition) is 3. The van der Waals surface area contributed by atoms with E-state index in [9.17, 15) is 14.4 Å². The molecular weight excluding hydrogens is 244 g/mol. The van der Waals surface area contributed by atoms with Crippen molar-refractivity contribution in [3.05, 3.63) is 0 Å². The molecule has 3 N–H and O–H groups in total. The van der Waals surface area contributed by atoms with Crippen molar-refractivity contribution in [1.29, 1.82) is 0 Å². The number of carbonyl (C=O) groups excluding carboxylic acids is 2. The molecule has 0 heterocycles. The normalized spacial score (nSPS) is 11.6. The van der Waals surface area contributed by atoms with Gasteiger partial charge in [-0.1, -0.05) is 0 Å². The third-order valence-electron chi connectivity index (χ3n) is 1.81. The molecule has 0 aromatic carbocycles. The van der Waals surface area contributed by atoms with Gasteiger partial charge in [-0.25, -0.2) is 4.79 Å². The van der Waals surface area contributed by atoms with Crippen LogP contribution in [0.25, 0.3) is 0 Å². The van der Waals surface area contributed by atoms with E-state index in [1.54, 1.807) is 0 Å². The number of aliphatic carboxylic acids is 1. The third-order valence-corrected chi connectivity index (χ3v) is 2.87. The Kier molecular flexibility index (Phi) is 8.21. The number of amides is 2. The monoisotopic (exact) mass is 262 g/mol. The van der Waals surface area contributed by atoms with E-state index in [1.807, 2.05) is 6.92 Å². The zero-order valence-corrected chi connectivity index (χ0v) is 10.8. The summed E-state index contributed by atoms with van der Waals surface area (Å²) in [6.45, 7) is 3.70. The molecule has 0 saturated heterocycles. The number of carbonyl (C=O) groups is 3. The topological polar surface area (TPSA) is 95.5 Å². The molecule has 0 radical (unpaired) electrons. The minimum atomic E-state index is -1.06. The Morgan fingerprint density at radius 2 is 2.00 bits per heavy atom. The molecule has 0 aliphatic heterocycles. The lowest BCUT2D eigenvalue weighted by Crippen LogP contribution is -2.41. The second-order valence-corrected chi connectivity index (χ2v) is 4.52. The van der Waals surface area contributed by atoms with Gasteiger partial charge in [-0.2, -0.15) is 11.8 Å². The van der Waals surface area contributed by atoms with Crippen LogP contribution >= 0.6 is 11.8 Å². The first-order valence-electron chi connectivity index (χ1n) is 5.31. The van der Waals surface area contributed by atoms with Crippen LogP contribution < -0.4 is 10.6 Å². The summed E-state index contributed by atoms with van der Waals surface area (Å²) in [5.41, 5.74) is 0. The zero-order valence-electron chi connectivity index (χ0n) is 9.99. The van der Waals surface area contributed by atoms with Crippen LogP contribution in [0.3, 0.4) is 0 Å². The maximum Gasteiger partial charge on any atom is 0.327 e. The molecule has 98 valence electrons. The van der Waals surface area contributed by atoms with Gasteiger partial charge in [0.25, 0.3) is 0 Å². The molecule has 0 aliphatic rings. The largest absolute Gasteiger partial charge is 0.480 e. The summed E-state index contributed by atoms with van der Waals surface area (Å²) in [4.78, 5) is 32.6. The van der Waals surface area contributed by atoms with Gasteiger partial charge in [-0.05, 0) is 6.92 Å². The van der Waals surface area contributed by atoms with Crippen LogP contribution in [-0.2, 0) is 14.4 Å². The second kappa shape index (κ2) is 8.86. The van der Waals surface area contributed by atoms with Gasteiger partial charge in [0.1, 0.15) is 6.04 Å². The Morgan fingerprint density at radius 3 is 2.47 bits per heavy atom. The predicted octanol–water partition coefficient (Wildman–Crippen LogP) is -0.165. The standard InChI is InChI=1S/C10H18N2O4S/c1-3-11-9(14)4-5-17-6-8(10(15)16)12-7(2)13/h8H,3-6H2,1-2H3,(H,11,14)(H,12,13)(H,15,16). The summed E-state index contributed by atoms with van der Waals surface area (Å²) in [6.07, 6.45) is 0.352. The SMILES string of the molecule is CCNC(=O)CCSCC(NC(C)=O)C(=O)O. The highest BCUT2D eigenvalue weighted by molar-refractivity contribution is 7.99. The van der Waals surface area contributed by atoms with Crippen molar-refractivity contribution >= 4 is 29.5 Å². The summed E-state index contributed by atoms with van der Waals surface area (Å²) in [6, 6.07) is -0.897. The smallest absolute Gasteiger partial charge is 0.327 e. The summed E-state index contributed by atoms with van der Waals surface area (Å²) >= 11 is 1.33. The van der Waals surface area contributed by atoms with Crippen LogP contribution in [0.1, 0.15) is 20.3 Å². The molecule has 0 aliphatic carbocycles. The highest BCUT2D eigenvalue weighted by Gasteiger charge is 2.17. The molecule has 17 heavy (non-hydrogen) atoms. The molecule has 1 unspecified atom stereocenters. The number of thioether (sulfide) groups is 1. The Hall–Kier alpha value is -1.24. The van der Waals surface area contributed by atoms with Crippen LogP contribution in [0.15, 0.2) is 0 Å². The number of nitrogens with one attached hydrogen (secondary N) is 2. The van der Waals surface area contributed by atoms with E-state index in [2.05, 4.69) is 10.6 Å². The first-order valence-corrected chi connectivity index (χ1v) is 6.47. The van der Waals surface area contributed by atoms with Gasteiger partial charge >= 0.3 is 5.97 Å².